The molecule has 0 aliphatic rings. The molecule has 1 aromatic rings. The van der Waals surface area contributed by atoms with E-state index in [1.54, 1.807) is 12.1 Å². The zero-order valence-corrected chi connectivity index (χ0v) is 7.47. The highest BCUT2D eigenvalue weighted by Gasteiger charge is 2.03. The van der Waals surface area contributed by atoms with Crippen molar-refractivity contribution in [2.24, 2.45) is 0 Å². The number of benzene rings is 1. The second kappa shape index (κ2) is 4.80. The molecule has 1 rings (SSSR count). The highest BCUT2D eigenvalue weighted by molar-refractivity contribution is 5.28. The second-order valence-corrected chi connectivity index (χ2v) is 2.78. The summed E-state index contributed by atoms with van der Waals surface area (Å²) in [5.74, 6) is 0.237. The molecular formula is C10H12F2O. The van der Waals surface area contributed by atoms with Crippen LogP contribution in [0.25, 0.3) is 0 Å². The molecule has 0 unspecified atom stereocenters. The Labute approximate surface area is 76.3 Å². The summed E-state index contributed by atoms with van der Waals surface area (Å²) in [6, 6.07) is 6.81. The van der Waals surface area contributed by atoms with Crippen molar-refractivity contribution in [3.63, 3.8) is 0 Å². The van der Waals surface area contributed by atoms with Gasteiger partial charge in [-0.25, -0.2) is 0 Å². The molecular weight excluding hydrogens is 174 g/mol. The van der Waals surface area contributed by atoms with Gasteiger partial charge < -0.3 is 4.74 Å². The molecule has 72 valence electrons. The fourth-order valence-corrected chi connectivity index (χ4v) is 1.17. The molecule has 0 aliphatic carbocycles. The van der Waals surface area contributed by atoms with Crippen LogP contribution in [-0.2, 0) is 6.42 Å². The van der Waals surface area contributed by atoms with Crippen molar-refractivity contribution in [1.82, 2.24) is 0 Å². The van der Waals surface area contributed by atoms with E-state index in [9.17, 15) is 8.78 Å². The van der Waals surface area contributed by atoms with Gasteiger partial charge in [-0.2, -0.15) is 8.78 Å². The first-order valence-electron chi connectivity index (χ1n) is 4.26. The SMILES string of the molecule is CCCc1cccc(OC(F)F)c1. The Morgan fingerprint density at radius 1 is 1.38 bits per heavy atom. The van der Waals surface area contributed by atoms with E-state index in [0.29, 0.717) is 0 Å². The number of hydrogen-bond donors (Lipinski definition) is 0. The lowest BCUT2D eigenvalue weighted by molar-refractivity contribution is -0.0498. The molecule has 0 fully saturated rings. The standard InChI is InChI=1S/C10H12F2O/c1-2-4-8-5-3-6-9(7-8)13-10(11)12/h3,5-7,10H,2,4H2,1H3. The maximum atomic E-state index is 11.8. The summed E-state index contributed by atoms with van der Waals surface area (Å²) in [6.07, 6.45) is 1.89. The molecule has 13 heavy (non-hydrogen) atoms. The monoisotopic (exact) mass is 186 g/mol. The maximum absolute atomic E-state index is 11.8. The van der Waals surface area contributed by atoms with Crippen molar-refractivity contribution in [3.8, 4) is 5.75 Å². The highest BCUT2D eigenvalue weighted by Crippen LogP contribution is 2.16. The summed E-state index contributed by atoms with van der Waals surface area (Å²) in [6.45, 7) is -0.697. The number of ether oxygens (including phenoxy) is 1. The van der Waals surface area contributed by atoms with E-state index >= 15 is 0 Å². The average molecular weight is 186 g/mol. The quantitative estimate of drug-likeness (QED) is 0.701. The van der Waals surface area contributed by atoms with Gasteiger partial charge in [-0.05, 0) is 24.1 Å². The minimum atomic E-state index is -2.74. The number of halogens is 2. The third-order valence-electron chi connectivity index (χ3n) is 1.66. The number of hydrogen-bond acceptors (Lipinski definition) is 1. The molecule has 0 amide bonds. The van der Waals surface area contributed by atoms with E-state index in [1.165, 1.54) is 6.07 Å². The van der Waals surface area contributed by atoms with Gasteiger partial charge in [-0.15, -0.1) is 0 Å². The summed E-state index contributed by atoms with van der Waals surface area (Å²) in [7, 11) is 0. The Bertz CT molecular complexity index is 261. The number of aryl methyl sites for hydroxylation is 1. The molecule has 1 aromatic carbocycles. The smallest absolute Gasteiger partial charge is 0.387 e. The molecule has 1 nitrogen and oxygen atoms in total. The topological polar surface area (TPSA) is 9.23 Å². The molecule has 0 aliphatic heterocycles. The van der Waals surface area contributed by atoms with Crippen LogP contribution in [0.2, 0.25) is 0 Å². The fourth-order valence-electron chi connectivity index (χ4n) is 1.17. The van der Waals surface area contributed by atoms with E-state index in [0.717, 1.165) is 18.4 Å². The zero-order chi connectivity index (χ0) is 9.68. The van der Waals surface area contributed by atoms with Crippen LogP contribution in [0.1, 0.15) is 18.9 Å². The first kappa shape index (κ1) is 9.96. The molecule has 3 heteroatoms. The van der Waals surface area contributed by atoms with Gasteiger partial charge in [0, 0.05) is 0 Å². The molecule has 0 saturated carbocycles. The van der Waals surface area contributed by atoms with Gasteiger partial charge in [0.15, 0.2) is 0 Å². The van der Waals surface area contributed by atoms with Crippen molar-refractivity contribution < 1.29 is 13.5 Å². The van der Waals surface area contributed by atoms with Crippen molar-refractivity contribution in [2.75, 3.05) is 0 Å². The first-order chi connectivity index (χ1) is 6.22. The van der Waals surface area contributed by atoms with E-state index in [-0.39, 0.29) is 5.75 Å². The fraction of sp³-hybridized carbons (Fsp3) is 0.400. The van der Waals surface area contributed by atoms with Gasteiger partial charge >= 0.3 is 6.61 Å². The summed E-state index contributed by atoms with van der Waals surface area (Å²) >= 11 is 0. The molecule has 0 atom stereocenters. The normalized spacial score (nSPS) is 10.5. The van der Waals surface area contributed by atoms with Gasteiger partial charge in [0.1, 0.15) is 5.75 Å². The van der Waals surface area contributed by atoms with E-state index in [1.807, 2.05) is 13.0 Å². The van der Waals surface area contributed by atoms with Gasteiger partial charge in [0.05, 0.1) is 0 Å². The van der Waals surface area contributed by atoms with Crippen LogP contribution in [0.15, 0.2) is 24.3 Å². The van der Waals surface area contributed by atoms with Gasteiger partial charge in [-0.1, -0.05) is 25.5 Å². The Balaban J connectivity index is 2.67. The lowest BCUT2D eigenvalue weighted by Gasteiger charge is -2.05. The van der Waals surface area contributed by atoms with Gasteiger partial charge in [0.2, 0.25) is 0 Å². The summed E-state index contributed by atoms with van der Waals surface area (Å²) in [5.41, 5.74) is 1.03. The minimum absolute atomic E-state index is 0.237. The number of alkyl halides is 2. The minimum Gasteiger partial charge on any atom is -0.435 e. The predicted octanol–water partition coefficient (Wildman–Crippen LogP) is 3.24. The average Bonchev–Trinajstić information content (AvgIpc) is 2.04. The molecule has 0 aromatic heterocycles. The Morgan fingerprint density at radius 2 is 2.15 bits per heavy atom. The van der Waals surface area contributed by atoms with Crippen molar-refractivity contribution >= 4 is 0 Å². The third kappa shape index (κ3) is 3.40. The Hall–Kier alpha value is -1.12. The lowest BCUT2D eigenvalue weighted by Crippen LogP contribution is -2.01. The zero-order valence-electron chi connectivity index (χ0n) is 7.47. The molecule has 0 bridgehead atoms. The Kier molecular flexibility index (Phi) is 3.68. The van der Waals surface area contributed by atoms with Crippen LogP contribution in [0, 0.1) is 0 Å². The Morgan fingerprint density at radius 3 is 2.77 bits per heavy atom. The van der Waals surface area contributed by atoms with Crippen LogP contribution < -0.4 is 4.74 Å². The van der Waals surface area contributed by atoms with Crippen molar-refractivity contribution in [3.05, 3.63) is 29.8 Å². The van der Waals surface area contributed by atoms with E-state index in [2.05, 4.69) is 4.74 Å². The van der Waals surface area contributed by atoms with Crippen LogP contribution in [-0.4, -0.2) is 6.61 Å². The van der Waals surface area contributed by atoms with Crippen LogP contribution >= 0.6 is 0 Å². The number of rotatable bonds is 4. The van der Waals surface area contributed by atoms with Crippen molar-refractivity contribution in [1.29, 1.82) is 0 Å². The third-order valence-corrected chi connectivity index (χ3v) is 1.66. The predicted molar refractivity (Wildman–Crippen MR) is 47.1 cm³/mol. The maximum Gasteiger partial charge on any atom is 0.387 e. The van der Waals surface area contributed by atoms with E-state index in [4.69, 9.17) is 0 Å². The summed E-state index contributed by atoms with van der Waals surface area (Å²) in [5, 5.41) is 0. The van der Waals surface area contributed by atoms with Gasteiger partial charge in [-0.3, -0.25) is 0 Å². The molecule has 0 radical (unpaired) electrons. The van der Waals surface area contributed by atoms with E-state index < -0.39 is 6.61 Å². The molecule has 0 spiro atoms. The van der Waals surface area contributed by atoms with Crippen LogP contribution in [0.5, 0.6) is 5.75 Å². The first-order valence-corrected chi connectivity index (χ1v) is 4.26. The van der Waals surface area contributed by atoms with Gasteiger partial charge in [0.25, 0.3) is 0 Å². The second-order valence-electron chi connectivity index (χ2n) is 2.78. The summed E-state index contributed by atoms with van der Waals surface area (Å²) < 4.78 is 27.9. The van der Waals surface area contributed by atoms with Crippen molar-refractivity contribution in [2.45, 2.75) is 26.4 Å². The largest absolute Gasteiger partial charge is 0.435 e. The molecule has 0 N–H and O–H groups in total. The molecule has 0 heterocycles. The summed E-state index contributed by atoms with van der Waals surface area (Å²) in [4.78, 5) is 0. The van der Waals surface area contributed by atoms with Crippen LogP contribution in [0.4, 0.5) is 8.78 Å². The van der Waals surface area contributed by atoms with Crippen LogP contribution in [0.3, 0.4) is 0 Å². The highest BCUT2D eigenvalue weighted by atomic mass is 19.3. The molecule has 0 saturated heterocycles. The lowest BCUT2D eigenvalue weighted by atomic mass is 10.1.